The van der Waals surface area contributed by atoms with E-state index in [1.165, 1.54) is 12.3 Å². The summed E-state index contributed by atoms with van der Waals surface area (Å²) in [6.45, 7) is 1.15. The molecule has 2 atom stereocenters. The van der Waals surface area contributed by atoms with Crippen LogP contribution in [-0.2, 0) is 26.3 Å². The molecule has 3 rings (SSSR count). The van der Waals surface area contributed by atoms with Gasteiger partial charge in [0, 0.05) is 54.1 Å². The number of hydrogen-bond donors (Lipinski definition) is 4. The summed E-state index contributed by atoms with van der Waals surface area (Å²) in [5.74, 6) is -0.486. The molecule has 3 N–H and O–H groups in total. The van der Waals surface area contributed by atoms with Crippen molar-refractivity contribution in [2.45, 2.75) is 31.5 Å². The van der Waals surface area contributed by atoms with Gasteiger partial charge < -0.3 is 15.5 Å². The number of amides is 2. The molecule has 0 aliphatic carbocycles. The van der Waals surface area contributed by atoms with Crippen LogP contribution >= 0.6 is 46.4 Å². The van der Waals surface area contributed by atoms with Gasteiger partial charge in [-0.25, -0.2) is 0 Å². The highest BCUT2D eigenvalue weighted by Gasteiger charge is 2.31. The molecular formula is C24H28Cl4N4O4S. The highest BCUT2D eigenvalue weighted by molar-refractivity contribution is 8.12. The Bertz CT molecular complexity index is 1220. The van der Waals surface area contributed by atoms with E-state index in [4.69, 9.17) is 46.4 Å². The van der Waals surface area contributed by atoms with Gasteiger partial charge in [-0.3, -0.25) is 23.3 Å². The molecule has 0 aromatic heterocycles. The molecule has 0 unspecified atom stereocenters. The van der Waals surface area contributed by atoms with Gasteiger partial charge in [0.25, 0.3) is 5.91 Å². The molecule has 1 heterocycles. The highest BCUT2D eigenvalue weighted by atomic mass is 35.5. The lowest BCUT2D eigenvalue weighted by molar-refractivity contribution is -0.133. The van der Waals surface area contributed by atoms with Gasteiger partial charge in [0.15, 0.2) is 5.62 Å². The minimum atomic E-state index is -3.13. The average Bonchev–Trinajstić information content (AvgIpc) is 2.99. The minimum absolute atomic E-state index is 0.164. The molecule has 0 spiro atoms. The van der Waals surface area contributed by atoms with E-state index in [1.54, 1.807) is 35.2 Å². The van der Waals surface area contributed by atoms with Crippen molar-refractivity contribution < 1.29 is 18.6 Å². The van der Waals surface area contributed by atoms with Gasteiger partial charge >= 0.3 is 0 Å². The Hall–Kier alpha value is -1.72. The molecule has 0 saturated carbocycles. The van der Waals surface area contributed by atoms with Gasteiger partial charge in [-0.1, -0.05) is 52.5 Å². The van der Waals surface area contributed by atoms with Crippen LogP contribution in [0, 0.1) is 0 Å². The summed E-state index contributed by atoms with van der Waals surface area (Å²) >= 11 is 24.3. The lowest BCUT2D eigenvalue weighted by Crippen LogP contribution is -2.50. The Labute approximate surface area is 236 Å². The maximum absolute atomic E-state index is 13.4. The molecule has 13 heteroatoms. The van der Waals surface area contributed by atoms with Crippen LogP contribution in [0.4, 0.5) is 0 Å². The van der Waals surface area contributed by atoms with E-state index < -0.39 is 16.2 Å². The maximum Gasteiger partial charge on any atom is 0.251 e. The first-order valence-electron chi connectivity index (χ1n) is 11.5. The van der Waals surface area contributed by atoms with Crippen LogP contribution in [-0.4, -0.2) is 64.5 Å². The van der Waals surface area contributed by atoms with E-state index in [1.807, 2.05) is 0 Å². The monoisotopic (exact) mass is 608 g/mol. The summed E-state index contributed by atoms with van der Waals surface area (Å²) in [6, 6.07) is 8.87. The van der Waals surface area contributed by atoms with Gasteiger partial charge in [0.1, 0.15) is 0 Å². The third-order valence-electron chi connectivity index (χ3n) is 5.92. The summed E-state index contributed by atoms with van der Waals surface area (Å²) in [5.41, 5.74) is 1.51. The summed E-state index contributed by atoms with van der Waals surface area (Å²) in [4.78, 5) is 38.8. The molecule has 2 aromatic rings. The van der Waals surface area contributed by atoms with E-state index in [9.17, 15) is 18.6 Å². The quantitative estimate of drug-likeness (QED) is 0.244. The number of benzene rings is 2. The molecule has 8 nitrogen and oxygen atoms in total. The predicted octanol–water partition coefficient (Wildman–Crippen LogP) is 3.52. The van der Waals surface area contributed by atoms with Crippen molar-refractivity contribution in [2.24, 2.45) is 0 Å². The number of thiol groups is 1. The van der Waals surface area contributed by atoms with Crippen molar-refractivity contribution in [1.29, 1.82) is 0 Å². The number of nitrogens with zero attached hydrogens (tertiary/aromatic N) is 1. The number of halogens is 4. The van der Waals surface area contributed by atoms with Crippen LogP contribution in [0.15, 0.2) is 36.4 Å². The van der Waals surface area contributed by atoms with Gasteiger partial charge in [0.05, 0.1) is 16.1 Å². The first-order valence-corrected chi connectivity index (χ1v) is 15.2. The standard InChI is InChI=1S/C24H28Cl4N4O4S/c1-37(36,14-33)30-8-6-22-24(35)32(13-16-2-4-17(25)11-20(16)27)9-7-18(31-22)12-29-23(34)15-3-5-19(26)21(28)10-15/h2-5,10-11,14,18,22,31,37H,6-9,12-13H2,1H3,(H,29,34)(H,30,36)/t18-,22-/m0/s1. The second-order valence-electron chi connectivity index (χ2n) is 8.83. The van der Waals surface area contributed by atoms with Crippen LogP contribution in [0.5, 0.6) is 0 Å². The second-order valence-corrected chi connectivity index (χ2v) is 13.0. The molecule has 0 bridgehead atoms. The van der Waals surface area contributed by atoms with Crippen LogP contribution in [0.3, 0.4) is 0 Å². The zero-order valence-corrected chi connectivity index (χ0v) is 23.9. The third kappa shape index (κ3) is 8.64. The van der Waals surface area contributed by atoms with Crippen molar-refractivity contribution in [1.82, 2.24) is 20.3 Å². The molecule has 2 amide bonds. The van der Waals surface area contributed by atoms with Crippen molar-refractivity contribution in [3.63, 3.8) is 0 Å². The molecule has 37 heavy (non-hydrogen) atoms. The zero-order chi connectivity index (χ0) is 27.2. The molecule has 202 valence electrons. The fourth-order valence-electron chi connectivity index (χ4n) is 3.89. The van der Waals surface area contributed by atoms with Crippen LogP contribution < -0.4 is 15.4 Å². The minimum Gasteiger partial charge on any atom is -0.350 e. The van der Waals surface area contributed by atoms with E-state index >= 15 is 0 Å². The summed E-state index contributed by atoms with van der Waals surface area (Å²) in [6.07, 6.45) is 2.17. The molecule has 1 aliphatic rings. The smallest absolute Gasteiger partial charge is 0.251 e. The number of rotatable bonds is 10. The lowest BCUT2D eigenvalue weighted by atomic mass is 10.1. The Kier molecular flexibility index (Phi) is 10.8. The summed E-state index contributed by atoms with van der Waals surface area (Å²) in [7, 11) is -3.13. The Morgan fingerprint density at radius 3 is 2.57 bits per heavy atom. The number of carbonyl (C=O) groups is 3. The highest BCUT2D eigenvalue weighted by Crippen LogP contribution is 2.24. The number of hydrogen-bond acceptors (Lipinski definition) is 5. The average molecular weight is 610 g/mol. The van der Waals surface area contributed by atoms with Crippen LogP contribution in [0.2, 0.25) is 20.1 Å². The Morgan fingerprint density at radius 1 is 1.14 bits per heavy atom. The summed E-state index contributed by atoms with van der Waals surface area (Å²) in [5, 5.41) is 7.77. The van der Waals surface area contributed by atoms with Gasteiger partial charge in [-0.05, 0) is 58.9 Å². The predicted molar refractivity (Wildman–Crippen MR) is 151 cm³/mol. The Balaban J connectivity index is 1.71. The van der Waals surface area contributed by atoms with Gasteiger partial charge in [-0.2, -0.15) is 0 Å². The molecule has 2 aromatic carbocycles. The molecule has 1 fully saturated rings. The van der Waals surface area contributed by atoms with Crippen molar-refractivity contribution >= 4 is 74.0 Å². The Morgan fingerprint density at radius 2 is 1.89 bits per heavy atom. The van der Waals surface area contributed by atoms with E-state index in [0.29, 0.717) is 39.2 Å². The van der Waals surface area contributed by atoms with Crippen LogP contribution in [0.1, 0.15) is 28.8 Å². The lowest BCUT2D eigenvalue weighted by Gasteiger charge is -2.26. The SMILES string of the molecule is C[SH](=O)(C=O)NCC[C@@H]1N[C@H](CNC(=O)c2ccc(Cl)c(Cl)c2)CCN(Cc2ccc(Cl)cc2Cl)C1=O. The van der Waals surface area contributed by atoms with E-state index in [2.05, 4.69) is 15.4 Å². The second kappa shape index (κ2) is 13.4. The zero-order valence-electron chi connectivity index (χ0n) is 20.0. The van der Waals surface area contributed by atoms with E-state index in [0.717, 1.165) is 5.56 Å². The van der Waals surface area contributed by atoms with Crippen molar-refractivity contribution in [2.75, 3.05) is 25.9 Å². The number of nitrogens with one attached hydrogen (secondary N) is 3. The van der Waals surface area contributed by atoms with Gasteiger partial charge in [-0.15, -0.1) is 0 Å². The normalized spacial score (nSPS) is 18.8. The van der Waals surface area contributed by atoms with Crippen LogP contribution in [0.25, 0.3) is 0 Å². The third-order valence-corrected chi connectivity index (χ3v) is 8.50. The fourth-order valence-corrected chi connectivity index (χ4v) is 5.30. The van der Waals surface area contributed by atoms with Crippen molar-refractivity contribution in [3.05, 3.63) is 67.6 Å². The fraction of sp³-hybridized carbons (Fsp3) is 0.375. The van der Waals surface area contributed by atoms with E-state index in [-0.39, 0.29) is 48.9 Å². The molecule has 0 radical (unpaired) electrons. The molecule has 1 saturated heterocycles. The first-order chi connectivity index (χ1) is 17.5. The van der Waals surface area contributed by atoms with Gasteiger partial charge in [0.2, 0.25) is 5.91 Å². The summed E-state index contributed by atoms with van der Waals surface area (Å²) < 4.78 is 14.8. The van der Waals surface area contributed by atoms with Crippen molar-refractivity contribution in [3.8, 4) is 0 Å². The molecular weight excluding hydrogens is 582 g/mol. The first kappa shape index (κ1) is 29.8. The topological polar surface area (TPSA) is 108 Å². The maximum atomic E-state index is 13.4. The molecule has 1 aliphatic heterocycles. The largest absolute Gasteiger partial charge is 0.350 e. The number of carbonyl (C=O) groups excluding carboxylic acids is 3.